The molecule has 3 aromatic rings. The van der Waals surface area contributed by atoms with Crippen LogP contribution in [0.2, 0.25) is 0 Å². The van der Waals surface area contributed by atoms with Gasteiger partial charge in [-0.15, -0.1) is 0 Å². The zero-order chi connectivity index (χ0) is 20.8. The van der Waals surface area contributed by atoms with E-state index < -0.39 is 5.41 Å². The van der Waals surface area contributed by atoms with Gasteiger partial charge in [-0.1, -0.05) is 91.0 Å². The van der Waals surface area contributed by atoms with Gasteiger partial charge in [0, 0.05) is 19.0 Å². The zero-order valence-corrected chi connectivity index (χ0v) is 16.8. The zero-order valence-electron chi connectivity index (χ0n) is 16.8. The van der Waals surface area contributed by atoms with Gasteiger partial charge in [0.05, 0.1) is 6.07 Å². The molecule has 0 aromatic heterocycles. The maximum Gasteiger partial charge on any atom is 0.410 e. The van der Waals surface area contributed by atoms with Crippen molar-refractivity contribution in [3.8, 4) is 6.07 Å². The second-order valence-corrected chi connectivity index (χ2v) is 7.62. The van der Waals surface area contributed by atoms with Crippen LogP contribution < -0.4 is 0 Å². The van der Waals surface area contributed by atoms with E-state index in [4.69, 9.17) is 4.74 Å². The van der Waals surface area contributed by atoms with Crippen LogP contribution in [0.1, 0.15) is 23.1 Å². The third-order valence-electron chi connectivity index (χ3n) is 5.90. The van der Waals surface area contributed by atoms with Crippen molar-refractivity contribution in [1.82, 2.24) is 4.90 Å². The van der Waals surface area contributed by atoms with Gasteiger partial charge in [0.2, 0.25) is 0 Å². The Bertz CT molecular complexity index is 974. The molecule has 1 aliphatic rings. The largest absolute Gasteiger partial charge is 0.445 e. The third kappa shape index (κ3) is 3.79. The highest BCUT2D eigenvalue weighted by molar-refractivity contribution is 5.68. The van der Waals surface area contributed by atoms with E-state index in [9.17, 15) is 10.1 Å². The van der Waals surface area contributed by atoms with Gasteiger partial charge >= 0.3 is 6.09 Å². The Balaban J connectivity index is 1.56. The van der Waals surface area contributed by atoms with Crippen molar-refractivity contribution in [3.63, 3.8) is 0 Å². The van der Waals surface area contributed by atoms with Crippen molar-refractivity contribution in [3.05, 3.63) is 108 Å². The summed E-state index contributed by atoms with van der Waals surface area (Å²) in [5.74, 6) is -0.0171. The minimum Gasteiger partial charge on any atom is -0.445 e. The first-order chi connectivity index (χ1) is 14.7. The van der Waals surface area contributed by atoms with Gasteiger partial charge in [0.25, 0.3) is 0 Å². The molecule has 1 heterocycles. The molecule has 0 spiro atoms. The Labute approximate surface area is 177 Å². The standard InChI is InChI=1S/C26H24N2O2/c27-20-26(22-12-6-2-7-13-22,23-14-8-3-9-15-23)24-16-17-28(18-24)25(29)30-19-21-10-4-1-5-11-21/h1-15,24H,16-19H2/t24-/m1/s1. The number of benzene rings is 3. The molecule has 30 heavy (non-hydrogen) atoms. The van der Waals surface area contributed by atoms with Crippen LogP contribution in [-0.4, -0.2) is 24.1 Å². The summed E-state index contributed by atoms with van der Waals surface area (Å²) < 4.78 is 5.52. The number of rotatable bonds is 5. The molecule has 4 rings (SSSR count). The molecule has 1 saturated heterocycles. The lowest BCUT2D eigenvalue weighted by Crippen LogP contribution is -2.38. The van der Waals surface area contributed by atoms with Crippen molar-refractivity contribution in [1.29, 1.82) is 5.26 Å². The fourth-order valence-corrected chi connectivity index (χ4v) is 4.35. The van der Waals surface area contributed by atoms with Crippen LogP contribution in [-0.2, 0) is 16.8 Å². The minimum absolute atomic E-state index is 0.0171. The molecule has 0 bridgehead atoms. The number of likely N-dealkylation sites (tertiary alicyclic amines) is 1. The Morgan fingerprint density at radius 2 is 1.47 bits per heavy atom. The monoisotopic (exact) mass is 396 g/mol. The van der Waals surface area contributed by atoms with E-state index in [1.54, 1.807) is 4.90 Å². The maximum atomic E-state index is 12.7. The SMILES string of the molecule is N#CC(c1ccccc1)(c1ccccc1)[C@@H]1CCN(C(=O)OCc2ccccc2)C1. The number of hydrogen-bond acceptors (Lipinski definition) is 3. The molecule has 0 unspecified atom stereocenters. The number of nitriles is 1. The highest BCUT2D eigenvalue weighted by Gasteiger charge is 2.46. The average molecular weight is 396 g/mol. The molecule has 1 fully saturated rings. The number of carbonyl (C=O) groups excluding carboxylic acids is 1. The van der Waals surface area contributed by atoms with E-state index in [1.807, 2.05) is 91.0 Å². The summed E-state index contributed by atoms with van der Waals surface area (Å²) >= 11 is 0. The lowest BCUT2D eigenvalue weighted by molar-refractivity contribution is 0.102. The van der Waals surface area contributed by atoms with Gasteiger partial charge in [-0.3, -0.25) is 0 Å². The maximum absolute atomic E-state index is 12.7. The van der Waals surface area contributed by atoms with Crippen molar-refractivity contribution in [2.24, 2.45) is 5.92 Å². The third-order valence-corrected chi connectivity index (χ3v) is 5.90. The van der Waals surface area contributed by atoms with Crippen LogP contribution in [0.5, 0.6) is 0 Å². The van der Waals surface area contributed by atoms with Crippen molar-refractivity contribution < 1.29 is 9.53 Å². The normalized spacial score (nSPS) is 16.1. The number of nitrogens with zero attached hydrogens (tertiary/aromatic N) is 2. The quantitative estimate of drug-likeness (QED) is 0.599. The van der Waals surface area contributed by atoms with Crippen molar-refractivity contribution >= 4 is 6.09 Å². The summed E-state index contributed by atoms with van der Waals surface area (Å²) in [5.41, 5.74) is 2.07. The molecule has 4 heteroatoms. The van der Waals surface area contributed by atoms with Crippen LogP contribution in [0, 0.1) is 17.2 Å². The molecule has 0 radical (unpaired) electrons. The molecule has 3 aromatic carbocycles. The second-order valence-electron chi connectivity index (χ2n) is 7.62. The van der Waals surface area contributed by atoms with Crippen molar-refractivity contribution in [2.75, 3.05) is 13.1 Å². The van der Waals surface area contributed by atoms with Crippen LogP contribution in [0.25, 0.3) is 0 Å². The molecular weight excluding hydrogens is 372 g/mol. The van der Waals surface area contributed by atoms with Crippen LogP contribution in [0.15, 0.2) is 91.0 Å². The van der Waals surface area contributed by atoms with E-state index in [-0.39, 0.29) is 18.6 Å². The van der Waals surface area contributed by atoms with Crippen LogP contribution >= 0.6 is 0 Å². The predicted molar refractivity (Wildman–Crippen MR) is 116 cm³/mol. The summed E-state index contributed by atoms with van der Waals surface area (Å²) in [6, 6.07) is 32.1. The van der Waals surface area contributed by atoms with E-state index in [0.29, 0.717) is 13.1 Å². The van der Waals surface area contributed by atoms with E-state index in [1.165, 1.54) is 0 Å². The number of hydrogen-bond donors (Lipinski definition) is 0. The number of amides is 1. The second kappa shape index (κ2) is 8.84. The highest BCUT2D eigenvalue weighted by atomic mass is 16.6. The molecule has 1 atom stereocenters. The first-order valence-electron chi connectivity index (χ1n) is 10.2. The van der Waals surface area contributed by atoms with E-state index >= 15 is 0 Å². The number of ether oxygens (including phenoxy) is 1. The summed E-state index contributed by atoms with van der Waals surface area (Å²) in [4.78, 5) is 14.4. The topological polar surface area (TPSA) is 53.3 Å². The van der Waals surface area contributed by atoms with Gasteiger partial charge in [-0.2, -0.15) is 5.26 Å². The molecule has 4 nitrogen and oxygen atoms in total. The first-order valence-corrected chi connectivity index (χ1v) is 10.2. The molecular formula is C26H24N2O2. The fourth-order valence-electron chi connectivity index (χ4n) is 4.35. The highest BCUT2D eigenvalue weighted by Crippen LogP contribution is 2.43. The molecule has 1 aliphatic heterocycles. The van der Waals surface area contributed by atoms with Gasteiger partial charge in [-0.05, 0) is 23.1 Å². The molecule has 0 saturated carbocycles. The number of carbonyl (C=O) groups is 1. The van der Waals surface area contributed by atoms with E-state index in [2.05, 4.69) is 6.07 Å². The Morgan fingerprint density at radius 3 is 2.00 bits per heavy atom. The Morgan fingerprint density at radius 1 is 0.933 bits per heavy atom. The lowest BCUT2D eigenvalue weighted by atomic mass is 9.66. The van der Waals surface area contributed by atoms with Crippen molar-refractivity contribution in [2.45, 2.75) is 18.4 Å². The predicted octanol–water partition coefficient (Wildman–Crippen LogP) is 5.15. The van der Waals surface area contributed by atoms with Gasteiger partial charge < -0.3 is 9.64 Å². The average Bonchev–Trinajstić information content (AvgIpc) is 3.31. The van der Waals surface area contributed by atoms with Gasteiger partial charge in [-0.25, -0.2) is 4.79 Å². The molecule has 1 amide bonds. The summed E-state index contributed by atoms with van der Waals surface area (Å²) in [7, 11) is 0. The molecule has 150 valence electrons. The summed E-state index contributed by atoms with van der Waals surface area (Å²) in [6.07, 6.45) is 0.423. The van der Waals surface area contributed by atoms with E-state index in [0.717, 1.165) is 23.1 Å². The summed E-state index contributed by atoms with van der Waals surface area (Å²) in [6.45, 7) is 1.33. The van der Waals surface area contributed by atoms with Crippen LogP contribution in [0.3, 0.4) is 0 Å². The Hall–Kier alpha value is -3.58. The molecule has 0 N–H and O–H groups in total. The van der Waals surface area contributed by atoms with Crippen LogP contribution in [0.4, 0.5) is 4.79 Å². The fraction of sp³-hybridized carbons (Fsp3) is 0.231. The van der Waals surface area contributed by atoms with Gasteiger partial charge in [0.15, 0.2) is 0 Å². The minimum atomic E-state index is -0.809. The van der Waals surface area contributed by atoms with Gasteiger partial charge in [0.1, 0.15) is 12.0 Å². The first kappa shape index (κ1) is 19.7. The smallest absolute Gasteiger partial charge is 0.410 e. The Kier molecular flexibility index (Phi) is 5.81. The summed E-state index contributed by atoms with van der Waals surface area (Å²) in [5, 5.41) is 10.4. The lowest BCUT2D eigenvalue weighted by Gasteiger charge is -2.34. The molecule has 0 aliphatic carbocycles.